The van der Waals surface area contributed by atoms with Crippen LogP contribution < -0.4 is 5.56 Å². The second-order valence-electron chi connectivity index (χ2n) is 5.40. The van der Waals surface area contributed by atoms with Gasteiger partial charge in [0, 0.05) is 38.7 Å². The summed E-state index contributed by atoms with van der Waals surface area (Å²) >= 11 is 1.54. The summed E-state index contributed by atoms with van der Waals surface area (Å²) in [5.41, 5.74) is -0.0841. The Bertz CT molecular complexity index is 571. The largest absolute Gasteiger partial charge is 0.383 e. The molecule has 0 spiro atoms. The molecule has 7 heteroatoms. The molecule has 1 aromatic rings. The quantitative estimate of drug-likeness (QED) is 0.736. The zero-order chi connectivity index (χ0) is 15.4. The Morgan fingerprint density at radius 1 is 1.57 bits per heavy atom. The van der Waals surface area contributed by atoms with Gasteiger partial charge in [-0.05, 0) is 5.92 Å². The highest BCUT2D eigenvalue weighted by molar-refractivity contribution is 7.99. The highest BCUT2D eigenvalue weighted by Crippen LogP contribution is 2.20. The number of hydrogen-bond donors (Lipinski definition) is 0. The number of thioether (sulfide) groups is 1. The first kappa shape index (κ1) is 16.0. The molecule has 0 saturated heterocycles. The Balaban J connectivity index is 2.26. The molecule has 1 aromatic heterocycles. The number of rotatable bonds is 6. The van der Waals surface area contributed by atoms with Crippen LogP contribution >= 0.6 is 11.8 Å². The predicted molar refractivity (Wildman–Crippen MR) is 81.8 cm³/mol. The number of carbonyl (C=O) groups is 1. The summed E-state index contributed by atoms with van der Waals surface area (Å²) in [6.45, 7) is 6.22. The third kappa shape index (κ3) is 3.65. The van der Waals surface area contributed by atoms with Crippen LogP contribution in [0.5, 0.6) is 0 Å². The molecular formula is C14H21N3O3S. The van der Waals surface area contributed by atoms with Gasteiger partial charge in [-0.1, -0.05) is 25.6 Å². The Labute approximate surface area is 128 Å². The van der Waals surface area contributed by atoms with Crippen LogP contribution in [0.25, 0.3) is 0 Å². The average molecular weight is 311 g/mol. The SMILES string of the molecule is COCCN(CC(C)C)C(=O)c1cnc2n(c1=O)CCS2. The third-order valence-electron chi connectivity index (χ3n) is 3.23. The lowest BCUT2D eigenvalue weighted by Crippen LogP contribution is -2.40. The van der Waals surface area contributed by atoms with E-state index < -0.39 is 0 Å². The van der Waals surface area contributed by atoms with Crippen molar-refractivity contribution in [2.75, 3.05) is 32.6 Å². The van der Waals surface area contributed by atoms with Crippen molar-refractivity contribution in [2.45, 2.75) is 25.5 Å². The van der Waals surface area contributed by atoms with Gasteiger partial charge in [0.05, 0.1) is 6.61 Å². The predicted octanol–water partition coefficient (Wildman–Crippen LogP) is 1.09. The molecule has 116 valence electrons. The third-order valence-corrected chi connectivity index (χ3v) is 4.20. The molecule has 0 aromatic carbocycles. The van der Waals surface area contributed by atoms with Crippen LogP contribution in [0.3, 0.4) is 0 Å². The van der Waals surface area contributed by atoms with Crippen molar-refractivity contribution in [3.05, 3.63) is 22.1 Å². The summed E-state index contributed by atoms with van der Waals surface area (Å²) < 4.78 is 6.63. The lowest BCUT2D eigenvalue weighted by atomic mass is 10.2. The van der Waals surface area contributed by atoms with Crippen LogP contribution in [0.4, 0.5) is 0 Å². The summed E-state index contributed by atoms with van der Waals surface area (Å²) in [7, 11) is 1.60. The van der Waals surface area contributed by atoms with E-state index in [1.165, 1.54) is 6.20 Å². The first-order chi connectivity index (χ1) is 10.0. The van der Waals surface area contributed by atoms with Gasteiger partial charge in [0.1, 0.15) is 5.56 Å². The van der Waals surface area contributed by atoms with E-state index in [-0.39, 0.29) is 17.0 Å². The van der Waals surface area contributed by atoms with Crippen LogP contribution in [0.1, 0.15) is 24.2 Å². The van der Waals surface area contributed by atoms with Gasteiger partial charge in [-0.25, -0.2) is 4.98 Å². The Hall–Kier alpha value is -1.34. The van der Waals surface area contributed by atoms with Gasteiger partial charge < -0.3 is 9.64 Å². The van der Waals surface area contributed by atoms with Crippen LogP contribution in [-0.4, -0.2) is 52.9 Å². The van der Waals surface area contributed by atoms with E-state index in [4.69, 9.17) is 4.74 Å². The van der Waals surface area contributed by atoms with Crippen molar-refractivity contribution in [1.82, 2.24) is 14.5 Å². The lowest BCUT2D eigenvalue weighted by molar-refractivity contribution is 0.0669. The van der Waals surface area contributed by atoms with Gasteiger partial charge in [-0.15, -0.1) is 0 Å². The first-order valence-electron chi connectivity index (χ1n) is 7.05. The normalized spacial score (nSPS) is 13.5. The van der Waals surface area contributed by atoms with Crippen molar-refractivity contribution in [1.29, 1.82) is 0 Å². The number of nitrogens with zero attached hydrogens (tertiary/aromatic N) is 3. The lowest BCUT2D eigenvalue weighted by Gasteiger charge is -2.24. The summed E-state index contributed by atoms with van der Waals surface area (Å²) in [6.07, 6.45) is 1.41. The molecule has 2 heterocycles. The van der Waals surface area contributed by atoms with Crippen molar-refractivity contribution in [2.24, 2.45) is 5.92 Å². The van der Waals surface area contributed by atoms with Crippen molar-refractivity contribution >= 4 is 17.7 Å². The fourth-order valence-corrected chi connectivity index (χ4v) is 3.17. The molecule has 1 aliphatic heterocycles. The van der Waals surface area contributed by atoms with Crippen LogP contribution in [-0.2, 0) is 11.3 Å². The second kappa shape index (κ2) is 7.09. The zero-order valence-corrected chi connectivity index (χ0v) is 13.5. The molecule has 0 N–H and O–H groups in total. The summed E-state index contributed by atoms with van der Waals surface area (Å²) in [6, 6.07) is 0. The van der Waals surface area contributed by atoms with Gasteiger partial charge in [-0.2, -0.15) is 0 Å². The number of amides is 1. The Morgan fingerprint density at radius 2 is 2.33 bits per heavy atom. The van der Waals surface area contributed by atoms with Crippen molar-refractivity contribution < 1.29 is 9.53 Å². The molecule has 21 heavy (non-hydrogen) atoms. The van der Waals surface area contributed by atoms with E-state index in [0.717, 1.165) is 5.75 Å². The molecule has 0 aliphatic carbocycles. The van der Waals surface area contributed by atoms with Crippen LogP contribution in [0.15, 0.2) is 16.1 Å². The summed E-state index contributed by atoms with van der Waals surface area (Å²) in [5, 5.41) is 0.698. The van der Waals surface area contributed by atoms with Gasteiger partial charge in [0.2, 0.25) is 0 Å². The molecule has 1 aliphatic rings. The number of fused-ring (bicyclic) bond motifs is 1. The first-order valence-corrected chi connectivity index (χ1v) is 8.04. The van der Waals surface area contributed by atoms with E-state index >= 15 is 0 Å². The highest BCUT2D eigenvalue weighted by Gasteiger charge is 2.24. The molecule has 0 atom stereocenters. The number of hydrogen-bond acceptors (Lipinski definition) is 5. The standard InChI is InChI=1S/C14H21N3O3S/c1-10(2)9-16(4-6-20-3)12(18)11-8-15-14-17(13(11)19)5-7-21-14/h8,10H,4-7,9H2,1-3H3. The molecule has 0 unspecified atom stereocenters. The van der Waals surface area contributed by atoms with E-state index in [1.807, 2.05) is 13.8 Å². The van der Waals surface area contributed by atoms with Crippen LogP contribution in [0.2, 0.25) is 0 Å². The zero-order valence-electron chi connectivity index (χ0n) is 12.7. The van der Waals surface area contributed by atoms with Gasteiger partial charge >= 0.3 is 0 Å². The monoisotopic (exact) mass is 311 g/mol. The summed E-state index contributed by atoms with van der Waals surface area (Å²) in [4.78, 5) is 30.9. The van der Waals surface area contributed by atoms with Gasteiger partial charge in [0.25, 0.3) is 11.5 Å². The minimum absolute atomic E-state index is 0.151. The number of aromatic nitrogens is 2. The topological polar surface area (TPSA) is 64.4 Å². The minimum Gasteiger partial charge on any atom is -0.383 e. The maximum Gasteiger partial charge on any atom is 0.267 e. The smallest absolute Gasteiger partial charge is 0.267 e. The van der Waals surface area contributed by atoms with E-state index in [2.05, 4.69) is 4.98 Å². The molecule has 0 saturated carbocycles. The average Bonchev–Trinajstić information content (AvgIpc) is 2.92. The molecule has 0 bridgehead atoms. The van der Waals surface area contributed by atoms with E-state index in [1.54, 1.807) is 28.3 Å². The highest BCUT2D eigenvalue weighted by atomic mass is 32.2. The molecule has 2 rings (SSSR count). The van der Waals surface area contributed by atoms with Crippen molar-refractivity contribution in [3.8, 4) is 0 Å². The molecule has 0 fully saturated rings. The van der Waals surface area contributed by atoms with Gasteiger partial charge in [-0.3, -0.25) is 14.2 Å². The number of ether oxygens (including phenoxy) is 1. The second-order valence-corrected chi connectivity index (χ2v) is 6.46. The molecular weight excluding hydrogens is 290 g/mol. The van der Waals surface area contributed by atoms with Gasteiger partial charge in [0.15, 0.2) is 5.16 Å². The maximum absolute atomic E-state index is 12.6. The Kier molecular flexibility index (Phi) is 5.41. The van der Waals surface area contributed by atoms with Crippen molar-refractivity contribution in [3.63, 3.8) is 0 Å². The maximum atomic E-state index is 12.6. The number of methoxy groups -OCH3 is 1. The number of carbonyl (C=O) groups excluding carboxylic acids is 1. The van der Waals surface area contributed by atoms with Crippen LogP contribution in [0, 0.1) is 5.92 Å². The van der Waals surface area contributed by atoms with E-state index in [0.29, 0.717) is 37.3 Å². The molecule has 0 radical (unpaired) electrons. The summed E-state index contributed by atoms with van der Waals surface area (Å²) in [5.74, 6) is 0.899. The fraction of sp³-hybridized carbons (Fsp3) is 0.643. The van der Waals surface area contributed by atoms with E-state index in [9.17, 15) is 9.59 Å². The minimum atomic E-state index is -0.259. The Morgan fingerprint density at radius 3 is 3.00 bits per heavy atom. The molecule has 6 nitrogen and oxygen atoms in total. The molecule has 1 amide bonds. The fourth-order valence-electron chi connectivity index (χ4n) is 2.25.